The van der Waals surface area contributed by atoms with Crippen LogP contribution < -0.4 is 0 Å². The number of hydrogen-bond donors (Lipinski definition) is 4. The van der Waals surface area contributed by atoms with Crippen molar-refractivity contribution in [3.05, 3.63) is 12.2 Å². The molecule has 8 fully saturated rings. The number of fused-ring (bicyclic) bond motifs is 4. The highest BCUT2D eigenvalue weighted by atomic mass is 16.8. The highest BCUT2D eigenvalue weighted by molar-refractivity contribution is 5.34. The third kappa shape index (κ3) is 3.26. The smallest absolute Gasteiger partial charge is 0.199 e. The molecule has 3 heterocycles. The third-order valence-electron chi connectivity index (χ3n) is 15.7. The molecule has 0 aromatic heterocycles. The first-order chi connectivity index (χ1) is 20.1. The maximum Gasteiger partial charge on any atom is 0.199 e. The fraction of sp³-hybridized carbons (Fsp3) is 0.943. The van der Waals surface area contributed by atoms with Gasteiger partial charge in [-0.1, -0.05) is 41.2 Å². The molecule has 4 N–H and O–H groups in total. The van der Waals surface area contributed by atoms with E-state index in [1.807, 2.05) is 6.92 Å². The van der Waals surface area contributed by atoms with Crippen LogP contribution in [0.5, 0.6) is 0 Å². The van der Waals surface area contributed by atoms with Crippen molar-refractivity contribution >= 4 is 0 Å². The average molecular weight is 603 g/mol. The lowest BCUT2D eigenvalue weighted by atomic mass is 9.41. The zero-order valence-electron chi connectivity index (χ0n) is 26.9. The molecular formula is C35H54O8. The minimum absolute atomic E-state index is 0.0326. The van der Waals surface area contributed by atoms with Gasteiger partial charge < -0.3 is 39.4 Å². The Hall–Kier alpha value is -0.580. The molecule has 17 atom stereocenters. The number of hydrogen-bond acceptors (Lipinski definition) is 8. The second-order valence-corrected chi connectivity index (χ2v) is 17.5. The highest BCUT2D eigenvalue weighted by Crippen LogP contribution is 2.90. The summed E-state index contributed by atoms with van der Waals surface area (Å²) in [6.07, 6.45) is 2.97. The molecule has 2 bridgehead atoms. The Balaban J connectivity index is 1.10. The molecule has 8 nitrogen and oxygen atoms in total. The van der Waals surface area contributed by atoms with Gasteiger partial charge in [0.1, 0.15) is 30.5 Å². The molecule has 5 saturated carbocycles. The summed E-state index contributed by atoms with van der Waals surface area (Å²) in [4.78, 5) is 0. The van der Waals surface area contributed by atoms with E-state index in [2.05, 4.69) is 41.2 Å². The van der Waals surface area contributed by atoms with Crippen LogP contribution in [0.15, 0.2) is 12.2 Å². The van der Waals surface area contributed by atoms with E-state index in [0.29, 0.717) is 17.8 Å². The molecule has 8 heteroatoms. The number of ether oxygens (including phenoxy) is 4. The Morgan fingerprint density at radius 2 is 1.58 bits per heavy atom. The van der Waals surface area contributed by atoms with Crippen LogP contribution in [0.4, 0.5) is 0 Å². The quantitative estimate of drug-likeness (QED) is 0.284. The molecule has 242 valence electrons. The van der Waals surface area contributed by atoms with Crippen molar-refractivity contribution in [3.63, 3.8) is 0 Å². The summed E-state index contributed by atoms with van der Waals surface area (Å²) in [6, 6.07) is 0. The summed E-state index contributed by atoms with van der Waals surface area (Å²) in [5.41, 5.74) is 0.877. The lowest BCUT2D eigenvalue weighted by molar-refractivity contribution is -0.303. The van der Waals surface area contributed by atoms with E-state index in [4.69, 9.17) is 18.9 Å². The number of aliphatic hydroxyl groups is 4. The van der Waals surface area contributed by atoms with Crippen LogP contribution >= 0.6 is 0 Å². The van der Waals surface area contributed by atoms with Crippen LogP contribution in [-0.4, -0.2) is 81.8 Å². The molecule has 8 rings (SSSR count). The molecule has 0 radical (unpaired) electrons. The van der Waals surface area contributed by atoms with Crippen LogP contribution in [-0.2, 0) is 18.9 Å². The van der Waals surface area contributed by atoms with E-state index in [1.165, 1.54) is 12.8 Å². The number of aliphatic hydroxyl groups excluding tert-OH is 4. The minimum Gasteiger partial charge on any atom is -0.388 e. The summed E-state index contributed by atoms with van der Waals surface area (Å²) in [6.45, 7) is 18.1. The fourth-order valence-corrected chi connectivity index (χ4v) is 13.8. The van der Waals surface area contributed by atoms with Crippen molar-refractivity contribution in [1.82, 2.24) is 0 Å². The van der Waals surface area contributed by atoms with Crippen LogP contribution in [0.3, 0.4) is 0 Å². The Morgan fingerprint density at radius 1 is 0.884 bits per heavy atom. The normalized spacial score (nSPS) is 62.8. The summed E-state index contributed by atoms with van der Waals surface area (Å²) in [5, 5.41) is 43.4. The zero-order chi connectivity index (χ0) is 30.7. The van der Waals surface area contributed by atoms with Gasteiger partial charge in [0.15, 0.2) is 12.1 Å². The molecule has 0 aromatic rings. The molecule has 3 saturated heterocycles. The summed E-state index contributed by atoms with van der Waals surface area (Å²) >= 11 is 0. The lowest BCUT2D eigenvalue weighted by Crippen LogP contribution is -2.61. The van der Waals surface area contributed by atoms with Crippen molar-refractivity contribution in [2.75, 3.05) is 6.61 Å². The lowest BCUT2D eigenvalue weighted by Gasteiger charge is -2.63. The van der Waals surface area contributed by atoms with Crippen LogP contribution in [0, 0.1) is 50.7 Å². The van der Waals surface area contributed by atoms with Gasteiger partial charge in [0.25, 0.3) is 0 Å². The summed E-state index contributed by atoms with van der Waals surface area (Å²) < 4.78 is 25.9. The van der Waals surface area contributed by atoms with Gasteiger partial charge in [-0.2, -0.15) is 0 Å². The monoisotopic (exact) mass is 602 g/mol. The maximum absolute atomic E-state index is 12.6. The predicted octanol–water partition coefficient (Wildman–Crippen LogP) is 3.93. The van der Waals surface area contributed by atoms with Crippen molar-refractivity contribution in [1.29, 1.82) is 0 Å². The molecule has 0 unspecified atom stereocenters. The van der Waals surface area contributed by atoms with Gasteiger partial charge in [-0.25, -0.2) is 0 Å². The van der Waals surface area contributed by atoms with Gasteiger partial charge in [-0.3, -0.25) is 0 Å². The zero-order valence-corrected chi connectivity index (χ0v) is 26.9. The third-order valence-corrected chi connectivity index (χ3v) is 15.7. The van der Waals surface area contributed by atoms with E-state index < -0.39 is 36.5 Å². The summed E-state index contributed by atoms with van der Waals surface area (Å²) in [7, 11) is 0. The molecule has 8 aliphatic rings. The van der Waals surface area contributed by atoms with E-state index in [9.17, 15) is 20.4 Å². The maximum atomic E-state index is 12.6. The van der Waals surface area contributed by atoms with Gasteiger partial charge in [-0.15, -0.1) is 0 Å². The Labute approximate surface area is 256 Å². The van der Waals surface area contributed by atoms with E-state index in [-0.39, 0.29) is 57.9 Å². The molecule has 0 aromatic carbocycles. The van der Waals surface area contributed by atoms with Gasteiger partial charge in [0, 0.05) is 11.3 Å². The molecular weight excluding hydrogens is 548 g/mol. The second-order valence-electron chi connectivity index (χ2n) is 17.5. The molecule has 5 aliphatic carbocycles. The molecule has 0 amide bonds. The minimum atomic E-state index is -1.27. The van der Waals surface area contributed by atoms with Crippen molar-refractivity contribution in [3.8, 4) is 0 Å². The topological polar surface area (TPSA) is 118 Å². The van der Waals surface area contributed by atoms with Gasteiger partial charge >= 0.3 is 0 Å². The van der Waals surface area contributed by atoms with E-state index >= 15 is 0 Å². The fourth-order valence-electron chi connectivity index (χ4n) is 13.8. The molecule has 3 spiro atoms. The molecule has 43 heavy (non-hydrogen) atoms. The van der Waals surface area contributed by atoms with Crippen molar-refractivity contribution in [2.45, 2.75) is 148 Å². The first kappa shape index (κ1) is 29.8. The highest BCUT2D eigenvalue weighted by Gasteiger charge is 2.88. The van der Waals surface area contributed by atoms with Gasteiger partial charge in [0.05, 0.1) is 18.8 Å². The SMILES string of the molecule is C=C(C)[C@H]1O[C@@]23O[C@@H]1C[C@@H](C)[C@@H]2[C@@]1(C)CC[C@@]24C[C@@]25CC[C@H](O[C@H]2OC[C@H](O)[C@H](O)[C@H]2O)C(C)(C)[C@@H]5CC[C@H]4[C@]1(C)[C@H]3O. The Morgan fingerprint density at radius 3 is 2.30 bits per heavy atom. The largest absolute Gasteiger partial charge is 0.388 e. The van der Waals surface area contributed by atoms with Gasteiger partial charge in [-0.05, 0) is 103 Å². The molecule has 3 aliphatic heterocycles. The van der Waals surface area contributed by atoms with E-state index in [0.717, 1.165) is 44.1 Å². The van der Waals surface area contributed by atoms with Crippen LogP contribution in [0.1, 0.15) is 92.9 Å². The van der Waals surface area contributed by atoms with Gasteiger partial charge in [0.2, 0.25) is 0 Å². The van der Waals surface area contributed by atoms with Crippen LogP contribution in [0.25, 0.3) is 0 Å². The average Bonchev–Trinajstić information content (AvgIpc) is 3.46. The Kier molecular flexibility index (Phi) is 6.14. The first-order valence-corrected chi connectivity index (χ1v) is 17.1. The predicted molar refractivity (Wildman–Crippen MR) is 157 cm³/mol. The second kappa shape index (κ2) is 8.85. The first-order valence-electron chi connectivity index (χ1n) is 17.1. The van der Waals surface area contributed by atoms with Crippen LogP contribution in [0.2, 0.25) is 0 Å². The van der Waals surface area contributed by atoms with E-state index in [1.54, 1.807) is 0 Å². The van der Waals surface area contributed by atoms with Crippen molar-refractivity contribution in [2.24, 2.45) is 50.7 Å². The summed E-state index contributed by atoms with van der Waals surface area (Å²) in [5.74, 6) is 0.477. The van der Waals surface area contributed by atoms with Crippen molar-refractivity contribution < 1.29 is 39.4 Å². The Bertz CT molecular complexity index is 1210. The number of rotatable bonds is 3. The standard InChI is InChI=1S/C35H54O8/c1-17(2)26-20-14-18(3)27-31(6)12-13-34-16-33(34)11-10-23(41-28-25(38)24(37)19(36)15-40-28)30(4,5)21(33)8-9-22(34)32(31,7)29(39)35(27,42-20)43-26/h18-29,36-39H,1,8-16H2,2-7H3/t18-,19+,20-,21+,22+,23+,24+,25-,26-,27-,28-,29-,31-,32-,33-,34+,35+/m1/s1.